The van der Waals surface area contributed by atoms with E-state index in [4.69, 9.17) is 78.3 Å². The number of alkyl halides is 2. The number of rotatable bonds is 8. The maximum atomic E-state index is 11.0. The Morgan fingerprint density at radius 1 is 0.507 bits per heavy atom. The molecule has 3 heterocycles. The zero-order valence-corrected chi connectivity index (χ0v) is 45.3. The molecule has 7 unspecified atom stereocenters. The van der Waals surface area contributed by atoms with Crippen LogP contribution in [0.5, 0.6) is 5.75 Å². The number of methoxy groups -OCH3 is 3. The smallest absolute Gasteiger partial charge is 0.260 e. The second kappa shape index (κ2) is 17.3. The van der Waals surface area contributed by atoms with Crippen molar-refractivity contribution in [2.24, 2.45) is 59.2 Å². The van der Waals surface area contributed by atoms with E-state index in [0.29, 0.717) is 35.2 Å². The van der Waals surface area contributed by atoms with Crippen LogP contribution >= 0.6 is 42.6 Å². The molecule has 15 aliphatic rings. The number of benzene rings is 3. The van der Waals surface area contributed by atoms with Gasteiger partial charge in [0.25, 0.3) is 17.4 Å². The molecule has 15 fully saturated rings. The maximum absolute atomic E-state index is 11.0. The lowest BCUT2D eigenvalue weighted by Crippen LogP contribution is -2.78. The number of hydrogen-bond acceptors (Lipinski definition) is 13. The number of phosphoric acid groups is 1. The van der Waals surface area contributed by atoms with Crippen LogP contribution in [0.3, 0.4) is 0 Å². The minimum absolute atomic E-state index is 0.0455. The Balaban J connectivity index is 0.000000107. The highest BCUT2D eigenvalue weighted by Crippen LogP contribution is 2.74. The predicted molar refractivity (Wildman–Crippen MR) is 264 cm³/mol. The molecule has 396 valence electrons. The number of phosphoric ester groups is 1. The molecular weight excluding hydrogens is 1020 g/mol. The number of ether oxygens (including phenoxy) is 3. The van der Waals surface area contributed by atoms with Crippen LogP contribution < -0.4 is 14.3 Å². The van der Waals surface area contributed by atoms with Gasteiger partial charge >= 0.3 is 0 Å². The molecule has 17 heteroatoms. The van der Waals surface area contributed by atoms with Crippen molar-refractivity contribution >= 4 is 42.6 Å². The van der Waals surface area contributed by atoms with E-state index in [2.05, 4.69) is 41.8 Å². The summed E-state index contributed by atoms with van der Waals surface area (Å²) < 4.78 is 33.5. The molecule has 3 saturated heterocycles. The molecule has 3 aromatic rings. The van der Waals surface area contributed by atoms with Crippen LogP contribution in [0, 0.1) is 73.0 Å². The maximum Gasteiger partial charge on any atom is 0.260 e. The highest BCUT2D eigenvalue weighted by Gasteiger charge is 2.80. The molecule has 7 atom stereocenters. The molecule has 73 heavy (non-hydrogen) atoms. The van der Waals surface area contributed by atoms with Crippen LogP contribution in [0.25, 0.3) is 0 Å². The van der Waals surface area contributed by atoms with E-state index in [1.54, 1.807) is 33.5 Å². The van der Waals surface area contributed by atoms with Gasteiger partial charge in [-0.2, -0.15) is 14.7 Å². The summed E-state index contributed by atoms with van der Waals surface area (Å²) in [6, 6.07) is 20.8. The summed E-state index contributed by atoms with van der Waals surface area (Å²) in [6.07, 6.45) is 16.8. The number of halogens is 3. The van der Waals surface area contributed by atoms with Crippen molar-refractivity contribution in [3.05, 3.63) is 99.6 Å². The lowest BCUT2D eigenvalue weighted by atomic mass is 9.46. The van der Waals surface area contributed by atoms with Crippen molar-refractivity contribution in [1.82, 2.24) is 0 Å². The van der Waals surface area contributed by atoms with Crippen molar-refractivity contribution in [3.8, 4) is 5.75 Å². The van der Waals surface area contributed by atoms with E-state index in [1.165, 1.54) is 49.8 Å². The summed E-state index contributed by atoms with van der Waals surface area (Å²) in [5, 5.41) is 0.754. The summed E-state index contributed by atoms with van der Waals surface area (Å²) in [5.74, 6) is 2.61. The first-order valence-electron chi connectivity index (χ1n) is 26.6. The van der Waals surface area contributed by atoms with E-state index >= 15 is 0 Å². The van der Waals surface area contributed by atoms with Gasteiger partial charge in [0.2, 0.25) is 0 Å². The zero-order valence-electron chi connectivity index (χ0n) is 42.1. The third-order valence-corrected chi connectivity index (χ3v) is 22.5. The van der Waals surface area contributed by atoms with Gasteiger partial charge < -0.3 is 33.1 Å². The first-order valence-corrected chi connectivity index (χ1v) is 29.2. The molecule has 3 aliphatic heterocycles. The van der Waals surface area contributed by atoms with Crippen molar-refractivity contribution in [2.45, 2.75) is 154 Å². The monoisotopic (exact) mass is 1080 g/mol. The van der Waals surface area contributed by atoms with Crippen LogP contribution in [0.4, 0.5) is 0 Å². The molecule has 3 spiro atoms. The van der Waals surface area contributed by atoms with Gasteiger partial charge in [0.05, 0.1) is 0 Å². The summed E-state index contributed by atoms with van der Waals surface area (Å²) in [6.45, 7) is 4.13. The topological polar surface area (TPSA) is 155 Å². The van der Waals surface area contributed by atoms with Crippen LogP contribution in [0.2, 0.25) is 5.02 Å². The molecule has 0 radical (unpaired) electrons. The molecule has 0 aromatic heterocycles. The highest BCUT2D eigenvalue weighted by molar-refractivity contribution is 7.43. The van der Waals surface area contributed by atoms with E-state index in [0.717, 1.165) is 104 Å². The van der Waals surface area contributed by atoms with Gasteiger partial charge in [-0.15, -0.1) is 23.2 Å². The van der Waals surface area contributed by atoms with Gasteiger partial charge in [0.1, 0.15) is 13.6 Å². The van der Waals surface area contributed by atoms with Gasteiger partial charge in [0, 0.05) is 52.8 Å². The largest absolute Gasteiger partial charge is 0.780 e. The third kappa shape index (κ3) is 7.16. The van der Waals surface area contributed by atoms with Gasteiger partial charge in [0.15, 0.2) is 16.8 Å². The van der Waals surface area contributed by atoms with Crippen LogP contribution in [-0.4, -0.2) is 47.9 Å². The van der Waals surface area contributed by atoms with Gasteiger partial charge in [-0.3, -0.25) is 0 Å². The lowest BCUT2D eigenvalue weighted by molar-refractivity contribution is -0.645. The van der Waals surface area contributed by atoms with Gasteiger partial charge in [-0.05, 0) is 199 Å². The van der Waals surface area contributed by atoms with Crippen molar-refractivity contribution in [3.63, 3.8) is 0 Å². The van der Waals surface area contributed by atoms with Gasteiger partial charge in [-0.25, -0.2) is 14.7 Å². The molecular formula is C56H66Cl3O13P-2. The fraction of sp³-hybridized carbons (Fsp3) is 0.679. The van der Waals surface area contributed by atoms with E-state index in [1.807, 2.05) is 19.1 Å². The Kier molecular flexibility index (Phi) is 12.0. The average Bonchev–Trinajstić information content (AvgIpc) is 3.29. The van der Waals surface area contributed by atoms with Crippen LogP contribution in [0.15, 0.2) is 66.7 Å². The van der Waals surface area contributed by atoms with E-state index in [-0.39, 0.29) is 32.9 Å². The SMILES string of the molecule is COC1(c2ccc(Cl)c(C)c2)OOC12C1CC3CC2CC(Cl)(C3)C1.COC1(c2cccc(C)c2)OOC12C1CC3CC(C1)CC2C3.COC1(c2cccc(OP(=O)([O-])[O-])c2)OOC12C1CC3CC2CC(Cl)(C3)C1. The lowest BCUT2D eigenvalue weighted by Gasteiger charge is -2.70. The Morgan fingerprint density at radius 2 is 0.918 bits per heavy atom. The Morgan fingerprint density at radius 3 is 1.30 bits per heavy atom. The Bertz CT molecular complexity index is 2650. The Hall–Kier alpha value is -1.88. The highest BCUT2D eigenvalue weighted by atomic mass is 35.5. The van der Waals surface area contributed by atoms with E-state index in [9.17, 15) is 14.4 Å². The molecule has 0 N–H and O–H groups in total. The van der Waals surface area contributed by atoms with Crippen molar-refractivity contribution < 1.29 is 62.4 Å². The van der Waals surface area contributed by atoms with Crippen LogP contribution in [0.1, 0.15) is 124 Å². The standard InChI is InChI=1S/C19H22Cl2O3.C19H24O3.C18H22ClO7P/c1-11-5-13(3-4-16(11)20)19(22-2)18(23-24-19)14-6-12-7-15(18)10-17(21,8-12)9-14;1-12-4-3-5-15(6-12)19(20-2)18(21-22-19)16-8-13-7-14(10-16)11-17(18)9-13;1-23-18(12-3-2-4-15(7-12)24-27(20,21)22)17(25-26-18)13-5-11-6-14(17)10-16(19,8-11)9-13/h3-5,12,14-15H,6-10H2,1-2H3;3-6,13-14,16-17H,7-11H2,1-2H3;2-4,7,11,13-14H,5-6,8-10H2,1H3,(H2,20,21,22)/p-2. The third-order valence-electron chi connectivity index (χ3n) is 20.7. The minimum atomic E-state index is -5.16. The molecule has 12 saturated carbocycles. The number of aryl methyl sites for hydroxylation is 2. The Labute approximate surface area is 442 Å². The van der Waals surface area contributed by atoms with Gasteiger partial charge in [-0.1, -0.05) is 59.6 Å². The predicted octanol–water partition coefficient (Wildman–Crippen LogP) is 11.1. The molecule has 12 bridgehead atoms. The molecule has 3 aromatic carbocycles. The first-order chi connectivity index (χ1) is 34.8. The molecule has 0 amide bonds. The zero-order chi connectivity index (χ0) is 50.8. The quantitative estimate of drug-likeness (QED) is 0.119. The molecule has 12 aliphatic carbocycles. The molecule has 13 nitrogen and oxygen atoms in total. The van der Waals surface area contributed by atoms with Crippen molar-refractivity contribution in [2.75, 3.05) is 21.3 Å². The average molecular weight is 1080 g/mol. The summed E-state index contributed by atoms with van der Waals surface area (Å²) in [7, 11) is -0.119. The fourth-order valence-corrected chi connectivity index (χ4v) is 20.3. The normalized spacial score (nSPS) is 47.4. The van der Waals surface area contributed by atoms with E-state index < -0.39 is 36.4 Å². The second-order valence-corrected chi connectivity index (χ2v) is 27.6. The van der Waals surface area contributed by atoms with Crippen LogP contribution in [-0.2, 0) is 65.5 Å². The first kappa shape index (κ1) is 50.6. The fourth-order valence-electron chi connectivity index (χ4n) is 18.6. The number of hydrogen-bond donors (Lipinski definition) is 0. The summed E-state index contributed by atoms with van der Waals surface area (Å²) >= 11 is 20.0. The summed E-state index contributed by atoms with van der Waals surface area (Å²) in [4.78, 5) is 56.7. The molecule has 18 rings (SSSR count). The summed E-state index contributed by atoms with van der Waals surface area (Å²) in [5.41, 5.74) is 3.59. The second-order valence-electron chi connectivity index (χ2n) is 24.5. The van der Waals surface area contributed by atoms with Crippen molar-refractivity contribution in [1.29, 1.82) is 0 Å². The minimum Gasteiger partial charge on any atom is -0.780 e.